The molecule has 0 aliphatic heterocycles. The Balaban J connectivity index is 1.56. The van der Waals surface area contributed by atoms with Crippen LogP contribution in [0.2, 0.25) is 19.1 Å². The normalized spacial score (nSPS) is 12.0. The van der Waals surface area contributed by atoms with Crippen molar-refractivity contribution in [3.05, 3.63) is 89.5 Å². The summed E-state index contributed by atoms with van der Waals surface area (Å²) < 4.78 is 11.5. The summed E-state index contributed by atoms with van der Waals surface area (Å²) in [4.78, 5) is 25.6. The van der Waals surface area contributed by atoms with Gasteiger partial charge in [-0.2, -0.15) is 5.26 Å². The van der Waals surface area contributed by atoms with Gasteiger partial charge >= 0.3 is 0 Å². The van der Waals surface area contributed by atoms with Crippen LogP contribution < -0.4 is 4.74 Å². The summed E-state index contributed by atoms with van der Waals surface area (Å²) in [5.41, 5.74) is 3.62. The molecular weight excluding hydrogens is 502 g/mol. The highest BCUT2D eigenvalue weighted by Crippen LogP contribution is 2.24. The first-order chi connectivity index (χ1) is 18.8. The Hall–Kier alpha value is -3.53. The van der Waals surface area contributed by atoms with E-state index in [4.69, 9.17) is 9.16 Å². The molecule has 0 saturated heterocycles. The van der Waals surface area contributed by atoms with Crippen LogP contribution in [0.3, 0.4) is 0 Å². The first-order valence-electron chi connectivity index (χ1n) is 13.7. The lowest BCUT2D eigenvalue weighted by Crippen LogP contribution is -2.28. The lowest BCUT2D eigenvalue weighted by Gasteiger charge is -2.19. The second-order valence-electron chi connectivity index (χ2n) is 10.5. The fourth-order valence-corrected chi connectivity index (χ4v) is 5.62. The number of unbranched alkanes of at least 4 members (excludes halogenated alkanes) is 2. The van der Waals surface area contributed by atoms with Crippen molar-refractivity contribution >= 4 is 19.9 Å². The number of rotatable bonds is 15. The molecule has 0 bridgehead atoms. The van der Waals surface area contributed by atoms with E-state index in [0.717, 1.165) is 48.6 Å². The van der Waals surface area contributed by atoms with Gasteiger partial charge in [-0.1, -0.05) is 86.8 Å². The minimum absolute atomic E-state index is 0.108. The van der Waals surface area contributed by atoms with E-state index < -0.39 is 14.2 Å². The summed E-state index contributed by atoms with van der Waals surface area (Å²) in [6, 6.07) is 25.4. The number of hydrogen-bond donors (Lipinski definition) is 0. The molecule has 204 valence electrons. The molecule has 3 rings (SSSR count). The van der Waals surface area contributed by atoms with E-state index in [9.17, 15) is 14.9 Å². The van der Waals surface area contributed by atoms with E-state index in [-0.39, 0.29) is 11.6 Å². The van der Waals surface area contributed by atoms with Gasteiger partial charge in [-0.25, -0.2) is 0 Å². The monoisotopic (exact) mass is 541 g/mol. The highest BCUT2D eigenvalue weighted by atomic mass is 28.4. The van der Waals surface area contributed by atoms with E-state index in [0.29, 0.717) is 29.7 Å². The third-order valence-corrected chi connectivity index (χ3v) is 9.74. The Morgan fingerprint density at radius 1 is 0.821 bits per heavy atom. The third-order valence-electron chi connectivity index (χ3n) is 7.08. The molecule has 0 N–H and O–H groups in total. The molecular formula is C33H39NO4Si. The van der Waals surface area contributed by atoms with Crippen molar-refractivity contribution in [3.8, 4) is 22.9 Å². The maximum atomic E-state index is 13.0. The van der Waals surface area contributed by atoms with Crippen LogP contribution in [0.5, 0.6) is 5.75 Å². The first-order valence-corrected chi connectivity index (χ1v) is 16.9. The van der Waals surface area contributed by atoms with Gasteiger partial charge in [0.15, 0.2) is 19.9 Å². The molecule has 1 atom stereocenters. The number of benzene rings is 3. The average molecular weight is 542 g/mol. The molecule has 6 heteroatoms. The minimum Gasteiger partial charge on any atom is -0.494 e. The maximum absolute atomic E-state index is 13.0. The number of ether oxygens (including phenoxy) is 1. The van der Waals surface area contributed by atoms with Crippen LogP contribution in [0, 0.1) is 17.2 Å². The van der Waals surface area contributed by atoms with E-state index in [2.05, 4.69) is 19.2 Å². The number of nitriles is 1. The molecule has 0 fully saturated rings. The Kier molecular flexibility index (Phi) is 11.2. The fraction of sp³-hybridized carbons (Fsp3) is 0.364. The fourth-order valence-electron chi connectivity index (χ4n) is 4.32. The number of hydrogen-bond acceptors (Lipinski definition) is 5. The molecule has 0 spiro atoms. The molecule has 0 amide bonds. The SMILES string of the molecule is CCCCC(C#N)C(=O)c1ccc(C(=O)c2ccc(-c3ccc(OCCCC[Si](C)(C)OC)cc3)cc2)cc1. The Labute approximate surface area is 233 Å². The van der Waals surface area contributed by atoms with Crippen LogP contribution in [0.4, 0.5) is 0 Å². The van der Waals surface area contributed by atoms with Crippen LogP contribution in [0.1, 0.15) is 65.3 Å². The smallest absolute Gasteiger partial charge is 0.193 e. The van der Waals surface area contributed by atoms with Crippen LogP contribution in [0.15, 0.2) is 72.8 Å². The minimum atomic E-state index is -1.50. The lowest BCUT2D eigenvalue weighted by atomic mass is 9.92. The molecule has 0 saturated carbocycles. The zero-order chi connectivity index (χ0) is 28.3. The predicted molar refractivity (Wildman–Crippen MR) is 159 cm³/mol. The second-order valence-corrected chi connectivity index (χ2v) is 14.9. The summed E-state index contributed by atoms with van der Waals surface area (Å²) in [7, 11) is 0.310. The zero-order valence-electron chi connectivity index (χ0n) is 23.5. The molecule has 0 aromatic heterocycles. The third kappa shape index (κ3) is 8.74. The van der Waals surface area contributed by atoms with Crippen molar-refractivity contribution in [2.45, 2.75) is 58.2 Å². The summed E-state index contributed by atoms with van der Waals surface area (Å²) in [5.74, 6) is -0.0797. The number of carbonyl (C=O) groups excluding carboxylic acids is 2. The maximum Gasteiger partial charge on any atom is 0.193 e. The topological polar surface area (TPSA) is 76.4 Å². The van der Waals surface area contributed by atoms with Crippen LogP contribution in [-0.2, 0) is 4.43 Å². The van der Waals surface area contributed by atoms with Gasteiger partial charge in [-0.05, 0) is 55.2 Å². The van der Waals surface area contributed by atoms with Gasteiger partial charge in [0.05, 0.1) is 12.7 Å². The Bertz CT molecular complexity index is 1260. The van der Waals surface area contributed by atoms with Gasteiger partial charge in [0.2, 0.25) is 0 Å². The molecule has 0 aliphatic carbocycles. The van der Waals surface area contributed by atoms with Gasteiger partial charge in [0, 0.05) is 23.8 Å². The molecule has 3 aromatic rings. The first kappa shape index (κ1) is 30.0. The molecule has 3 aromatic carbocycles. The van der Waals surface area contributed by atoms with Crippen molar-refractivity contribution in [2.24, 2.45) is 5.92 Å². The summed E-state index contributed by atoms with van der Waals surface area (Å²) in [5, 5.41) is 9.34. The molecule has 0 aliphatic rings. The van der Waals surface area contributed by atoms with Crippen LogP contribution in [-0.4, -0.2) is 33.6 Å². The van der Waals surface area contributed by atoms with Crippen molar-refractivity contribution in [3.63, 3.8) is 0 Å². The van der Waals surface area contributed by atoms with Crippen LogP contribution >= 0.6 is 0 Å². The summed E-state index contributed by atoms with van der Waals surface area (Å²) in [6.07, 6.45) is 4.45. The van der Waals surface area contributed by atoms with Crippen LogP contribution in [0.25, 0.3) is 11.1 Å². The van der Waals surface area contributed by atoms with E-state index in [1.54, 1.807) is 31.4 Å². The van der Waals surface area contributed by atoms with Gasteiger partial charge in [-0.3, -0.25) is 9.59 Å². The quantitative estimate of drug-likeness (QED) is 0.110. The van der Waals surface area contributed by atoms with Crippen molar-refractivity contribution in [1.82, 2.24) is 0 Å². The van der Waals surface area contributed by atoms with Gasteiger partial charge in [-0.15, -0.1) is 0 Å². The molecule has 1 unspecified atom stereocenters. The second kappa shape index (κ2) is 14.6. The van der Waals surface area contributed by atoms with Crippen molar-refractivity contribution in [1.29, 1.82) is 5.26 Å². The lowest BCUT2D eigenvalue weighted by molar-refractivity contribution is 0.0941. The number of Topliss-reactive ketones (excluding diaryl/α,β-unsaturated/α-hetero) is 1. The van der Waals surface area contributed by atoms with E-state index in [1.165, 1.54) is 0 Å². The Morgan fingerprint density at radius 3 is 1.90 bits per heavy atom. The molecule has 39 heavy (non-hydrogen) atoms. The molecule has 0 heterocycles. The summed E-state index contributed by atoms with van der Waals surface area (Å²) in [6.45, 7) is 7.19. The van der Waals surface area contributed by atoms with Crippen molar-refractivity contribution in [2.75, 3.05) is 13.7 Å². The Morgan fingerprint density at radius 2 is 1.36 bits per heavy atom. The van der Waals surface area contributed by atoms with Gasteiger partial charge in [0.1, 0.15) is 11.7 Å². The molecule has 0 radical (unpaired) electrons. The predicted octanol–water partition coefficient (Wildman–Crippen LogP) is 8.11. The van der Waals surface area contributed by atoms with Gasteiger partial charge in [0.25, 0.3) is 0 Å². The standard InChI is InChI=1S/C33H39NO4Si/c1-5-6-9-30(24-34)33(36)29-16-14-28(15-17-29)32(35)27-12-10-25(11-13-27)26-18-20-31(21-19-26)38-22-7-8-23-39(3,4)37-2/h10-21,30H,5-9,22-23H2,1-4H3. The molecule has 5 nitrogen and oxygen atoms in total. The van der Waals surface area contributed by atoms with Crippen molar-refractivity contribution < 1.29 is 18.8 Å². The largest absolute Gasteiger partial charge is 0.494 e. The number of ketones is 2. The zero-order valence-corrected chi connectivity index (χ0v) is 24.5. The van der Waals surface area contributed by atoms with E-state index >= 15 is 0 Å². The summed E-state index contributed by atoms with van der Waals surface area (Å²) >= 11 is 0. The number of carbonyl (C=O) groups is 2. The highest BCUT2D eigenvalue weighted by Gasteiger charge is 2.20. The van der Waals surface area contributed by atoms with Gasteiger partial charge < -0.3 is 9.16 Å². The average Bonchev–Trinajstić information content (AvgIpc) is 2.97. The highest BCUT2D eigenvalue weighted by molar-refractivity contribution is 6.71. The number of nitrogens with zero attached hydrogens (tertiary/aromatic N) is 1. The van der Waals surface area contributed by atoms with E-state index in [1.807, 2.05) is 55.5 Å².